The highest BCUT2D eigenvalue weighted by Crippen LogP contribution is 2.27. The molecule has 0 aromatic heterocycles. The lowest BCUT2D eigenvalue weighted by Crippen LogP contribution is -2.38. The molecule has 1 aliphatic heterocycles. The molecule has 5 heteroatoms. The number of benzene rings is 2. The molecule has 1 aliphatic rings. The molecule has 0 spiro atoms. The Morgan fingerprint density at radius 2 is 2.00 bits per heavy atom. The topological polar surface area (TPSA) is 62.1 Å². The molecule has 1 atom stereocenters. The highest BCUT2D eigenvalue weighted by Gasteiger charge is 2.33. The predicted molar refractivity (Wildman–Crippen MR) is 102 cm³/mol. The van der Waals surface area contributed by atoms with Gasteiger partial charge in [0.15, 0.2) is 0 Å². The molecule has 1 amide bonds. The lowest BCUT2D eigenvalue weighted by molar-refractivity contribution is 0.0679. The Balaban J connectivity index is 1.89. The van der Waals surface area contributed by atoms with Gasteiger partial charge < -0.3 is 14.8 Å². The monoisotopic (exact) mass is 352 g/mol. The van der Waals surface area contributed by atoms with Crippen molar-refractivity contribution in [2.75, 3.05) is 20.3 Å². The van der Waals surface area contributed by atoms with Crippen LogP contribution in [0.4, 0.5) is 0 Å². The van der Waals surface area contributed by atoms with Gasteiger partial charge >= 0.3 is 0 Å². The molecule has 2 aromatic rings. The van der Waals surface area contributed by atoms with Crippen molar-refractivity contribution in [3.05, 3.63) is 59.2 Å². The van der Waals surface area contributed by atoms with Crippen LogP contribution in [0.15, 0.2) is 47.6 Å². The van der Waals surface area contributed by atoms with E-state index < -0.39 is 0 Å². The third-order valence-corrected chi connectivity index (χ3v) is 4.87. The van der Waals surface area contributed by atoms with Crippen LogP contribution in [0.5, 0.6) is 0 Å². The van der Waals surface area contributed by atoms with Gasteiger partial charge in [-0.05, 0) is 42.2 Å². The number of amides is 1. The Hall–Kier alpha value is -2.66. The fraction of sp³-hybridized carbons (Fsp3) is 0.333. The van der Waals surface area contributed by atoms with Gasteiger partial charge in [0.1, 0.15) is 7.11 Å². The first-order valence-corrected chi connectivity index (χ1v) is 8.72. The van der Waals surface area contributed by atoms with E-state index >= 15 is 0 Å². The summed E-state index contributed by atoms with van der Waals surface area (Å²) in [6.45, 7) is 4.32. The maximum Gasteiger partial charge on any atom is 0.254 e. The molecule has 5 nitrogen and oxygen atoms in total. The van der Waals surface area contributed by atoms with Crippen molar-refractivity contribution in [2.45, 2.75) is 26.3 Å². The van der Waals surface area contributed by atoms with E-state index in [1.165, 1.54) is 18.2 Å². The maximum atomic E-state index is 13.0. The van der Waals surface area contributed by atoms with Crippen LogP contribution < -0.4 is 0 Å². The average Bonchev–Trinajstić information content (AvgIpc) is 3.05. The first kappa shape index (κ1) is 18.1. The second kappa shape index (κ2) is 7.70. The van der Waals surface area contributed by atoms with E-state index in [2.05, 4.69) is 24.2 Å². The largest absolute Gasteiger partial charge is 0.399 e. The summed E-state index contributed by atoms with van der Waals surface area (Å²) < 4.78 is 0. The minimum atomic E-state index is -0.258. The van der Waals surface area contributed by atoms with E-state index in [0.717, 1.165) is 16.8 Å². The van der Waals surface area contributed by atoms with Gasteiger partial charge in [-0.15, -0.1) is 0 Å². The van der Waals surface area contributed by atoms with Crippen LogP contribution in [0.2, 0.25) is 0 Å². The number of aliphatic hydroxyl groups is 1. The molecule has 1 N–H and O–H groups in total. The Morgan fingerprint density at radius 3 is 2.65 bits per heavy atom. The molecule has 0 saturated carbocycles. The summed E-state index contributed by atoms with van der Waals surface area (Å²) in [7, 11) is 1.49. The molecule has 0 bridgehead atoms. The zero-order chi connectivity index (χ0) is 18.7. The number of oxime groups is 1. The van der Waals surface area contributed by atoms with Gasteiger partial charge in [-0.2, -0.15) is 0 Å². The fourth-order valence-corrected chi connectivity index (χ4v) is 3.49. The Labute approximate surface area is 153 Å². The first-order chi connectivity index (χ1) is 12.5. The van der Waals surface area contributed by atoms with Gasteiger partial charge in [0.05, 0.1) is 24.9 Å². The molecule has 1 heterocycles. The van der Waals surface area contributed by atoms with E-state index in [9.17, 15) is 9.90 Å². The van der Waals surface area contributed by atoms with Crippen molar-refractivity contribution in [3.63, 3.8) is 0 Å². The molecule has 136 valence electrons. The number of hydrogen-bond donors (Lipinski definition) is 1. The predicted octanol–water partition coefficient (Wildman–Crippen LogP) is 3.18. The number of carbonyl (C=O) groups is 1. The van der Waals surface area contributed by atoms with E-state index in [1.807, 2.05) is 37.3 Å². The van der Waals surface area contributed by atoms with E-state index in [1.54, 1.807) is 4.90 Å². The summed E-state index contributed by atoms with van der Waals surface area (Å²) in [5.74, 6) is -0.0841. The smallest absolute Gasteiger partial charge is 0.254 e. The van der Waals surface area contributed by atoms with Gasteiger partial charge in [0.25, 0.3) is 5.91 Å². The number of aliphatic hydroxyl groups excluding tert-OH is 1. The Kier molecular flexibility index (Phi) is 5.38. The number of carbonyl (C=O) groups excluding carboxylic acids is 1. The lowest BCUT2D eigenvalue weighted by atomic mass is 9.96. The standard InChI is InChI=1S/C21H24N2O3/c1-14-6-4-5-7-19(14)16-8-9-20(15(2)10-16)21(25)23-12-17(22-26-3)11-18(23)13-24/h4-10,18,24H,11-13H2,1-3H3/b22-17+. The molecule has 26 heavy (non-hydrogen) atoms. The molecule has 1 unspecified atom stereocenters. The van der Waals surface area contributed by atoms with E-state index in [0.29, 0.717) is 18.5 Å². The quantitative estimate of drug-likeness (QED) is 0.860. The second-order valence-corrected chi connectivity index (χ2v) is 6.66. The molecular formula is C21H24N2O3. The van der Waals surface area contributed by atoms with Crippen molar-refractivity contribution in [3.8, 4) is 11.1 Å². The van der Waals surface area contributed by atoms with Crippen molar-refractivity contribution < 1.29 is 14.7 Å². The lowest BCUT2D eigenvalue weighted by Gasteiger charge is -2.23. The van der Waals surface area contributed by atoms with Crippen LogP contribution in [-0.4, -0.2) is 47.9 Å². The average molecular weight is 352 g/mol. The normalized spacial score (nSPS) is 18.4. The molecule has 2 aromatic carbocycles. The highest BCUT2D eigenvalue weighted by molar-refractivity contribution is 6.01. The molecular weight excluding hydrogens is 328 g/mol. The molecule has 0 radical (unpaired) electrons. The van der Waals surface area contributed by atoms with Crippen LogP contribution in [0.1, 0.15) is 27.9 Å². The minimum absolute atomic E-state index is 0.0841. The van der Waals surface area contributed by atoms with Crippen molar-refractivity contribution in [1.82, 2.24) is 4.90 Å². The number of rotatable bonds is 4. The Bertz CT molecular complexity index is 845. The van der Waals surface area contributed by atoms with E-state index in [-0.39, 0.29) is 18.6 Å². The van der Waals surface area contributed by atoms with Crippen molar-refractivity contribution in [1.29, 1.82) is 0 Å². The molecule has 3 rings (SSSR count). The summed E-state index contributed by atoms with van der Waals surface area (Å²) >= 11 is 0. The fourth-order valence-electron chi connectivity index (χ4n) is 3.49. The summed E-state index contributed by atoms with van der Waals surface area (Å²) in [6.07, 6.45) is 0.538. The van der Waals surface area contributed by atoms with Gasteiger partial charge in [-0.1, -0.05) is 41.6 Å². The van der Waals surface area contributed by atoms with Crippen LogP contribution >= 0.6 is 0 Å². The molecule has 1 saturated heterocycles. The SMILES string of the molecule is CO/N=C1\CC(CO)N(C(=O)c2ccc(-c3ccccc3C)cc2C)C1. The van der Waals surface area contributed by atoms with Crippen LogP contribution in [-0.2, 0) is 4.84 Å². The van der Waals surface area contributed by atoms with Gasteiger partial charge in [-0.25, -0.2) is 0 Å². The number of hydrogen-bond acceptors (Lipinski definition) is 4. The van der Waals surface area contributed by atoms with Gasteiger partial charge in [-0.3, -0.25) is 4.79 Å². The number of nitrogens with zero attached hydrogens (tertiary/aromatic N) is 2. The maximum absolute atomic E-state index is 13.0. The summed E-state index contributed by atoms with van der Waals surface area (Å²) in [5, 5.41) is 13.6. The number of likely N-dealkylation sites (tertiary alicyclic amines) is 1. The van der Waals surface area contributed by atoms with Crippen molar-refractivity contribution in [2.24, 2.45) is 5.16 Å². The molecule has 1 fully saturated rings. The van der Waals surface area contributed by atoms with Crippen LogP contribution in [0.3, 0.4) is 0 Å². The zero-order valence-electron chi connectivity index (χ0n) is 15.4. The highest BCUT2D eigenvalue weighted by atomic mass is 16.6. The molecule has 0 aliphatic carbocycles. The first-order valence-electron chi connectivity index (χ1n) is 8.72. The Morgan fingerprint density at radius 1 is 1.23 bits per heavy atom. The third kappa shape index (κ3) is 3.48. The number of aryl methyl sites for hydroxylation is 2. The van der Waals surface area contributed by atoms with Gasteiger partial charge in [0, 0.05) is 12.0 Å². The van der Waals surface area contributed by atoms with Crippen molar-refractivity contribution >= 4 is 11.6 Å². The van der Waals surface area contributed by atoms with Crippen LogP contribution in [0, 0.1) is 13.8 Å². The summed E-state index contributed by atoms with van der Waals surface area (Å²) in [6, 6.07) is 13.8. The van der Waals surface area contributed by atoms with E-state index in [4.69, 9.17) is 4.84 Å². The van der Waals surface area contributed by atoms with Crippen LogP contribution in [0.25, 0.3) is 11.1 Å². The van der Waals surface area contributed by atoms with Gasteiger partial charge in [0.2, 0.25) is 0 Å². The summed E-state index contributed by atoms with van der Waals surface area (Å²) in [5.41, 5.74) is 5.81. The summed E-state index contributed by atoms with van der Waals surface area (Å²) in [4.78, 5) is 19.5. The second-order valence-electron chi connectivity index (χ2n) is 6.66. The minimum Gasteiger partial charge on any atom is -0.399 e. The zero-order valence-corrected chi connectivity index (χ0v) is 15.4. The third-order valence-electron chi connectivity index (χ3n) is 4.87.